The molecular formula is C17H18BrNO. The third-order valence-corrected chi connectivity index (χ3v) is 4.31. The third kappa shape index (κ3) is 3.48. The van der Waals surface area contributed by atoms with E-state index in [9.17, 15) is 4.79 Å². The van der Waals surface area contributed by atoms with Gasteiger partial charge in [-0.1, -0.05) is 46.3 Å². The molecule has 0 aliphatic rings. The molecule has 0 spiro atoms. The van der Waals surface area contributed by atoms with Crippen molar-refractivity contribution in [2.75, 3.05) is 6.54 Å². The standard InChI is InChI=1S/C17H18BrNO/c1-12-6-3-4-7-14(12)10-11-19-17(20)15-8-5-9-16(18)13(15)2/h3-9H,10-11H2,1-2H3,(H,19,20). The van der Waals surface area contributed by atoms with Gasteiger partial charge >= 0.3 is 0 Å². The summed E-state index contributed by atoms with van der Waals surface area (Å²) in [5.74, 6) is -0.0163. The third-order valence-electron chi connectivity index (χ3n) is 3.45. The molecule has 2 nitrogen and oxygen atoms in total. The molecule has 0 aliphatic heterocycles. The molecule has 1 amide bonds. The molecule has 0 unspecified atom stereocenters. The maximum atomic E-state index is 12.2. The van der Waals surface area contributed by atoms with Crippen LogP contribution in [0.25, 0.3) is 0 Å². The van der Waals surface area contributed by atoms with Crippen LogP contribution in [0.1, 0.15) is 27.0 Å². The number of hydrogen-bond acceptors (Lipinski definition) is 1. The van der Waals surface area contributed by atoms with E-state index in [2.05, 4.69) is 40.3 Å². The van der Waals surface area contributed by atoms with Crippen molar-refractivity contribution >= 4 is 21.8 Å². The van der Waals surface area contributed by atoms with Gasteiger partial charge in [0.2, 0.25) is 0 Å². The summed E-state index contributed by atoms with van der Waals surface area (Å²) in [4.78, 5) is 12.2. The Morgan fingerprint density at radius 3 is 2.60 bits per heavy atom. The number of halogens is 1. The Hall–Kier alpha value is -1.61. The van der Waals surface area contributed by atoms with Crippen LogP contribution in [0.2, 0.25) is 0 Å². The van der Waals surface area contributed by atoms with Crippen LogP contribution in [0.3, 0.4) is 0 Å². The molecule has 0 saturated carbocycles. The highest BCUT2D eigenvalue weighted by Gasteiger charge is 2.10. The van der Waals surface area contributed by atoms with Gasteiger partial charge in [0.15, 0.2) is 0 Å². The lowest BCUT2D eigenvalue weighted by Crippen LogP contribution is -2.26. The molecule has 1 N–H and O–H groups in total. The van der Waals surface area contributed by atoms with Gasteiger partial charge in [-0.2, -0.15) is 0 Å². The van der Waals surface area contributed by atoms with Crippen LogP contribution in [-0.2, 0) is 6.42 Å². The molecule has 0 bridgehead atoms. The number of carbonyl (C=O) groups excluding carboxylic acids is 1. The zero-order chi connectivity index (χ0) is 14.5. The predicted octanol–water partition coefficient (Wildman–Crippen LogP) is 4.04. The lowest BCUT2D eigenvalue weighted by Gasteiger charge is -2.10. The van der Waals surface area contributed by atoms with Gasteiger partial charge in [0.05, 0.1) is 0 Å². The van der Waals surface area contributed by atoms with Gasteiger partial charge in [-0.3, -0.25) is 4.79 Å². The number of nitrogens with one attached hydrogen (secondary N) is 1. The van der Waals surface area contributed by atoms with Crippen molar-refractivity contribution in [2.24, 2.45) is 0 Å². The van der Waals surface area contributed by atoms with Crippen molar-refractivity contribution in [1.82, 2.24) is 5.32 Å². The van der Waals surface area contributed by atoms with E-state index in [1.807, 2.05) is 37.3 Å². The first-order valence-electron chi connectivity index (χ1n) is 6.67. The van der Waals surface area contributed by atoms with E-state index in [-0.39, 0.29) is 5.91 Å². The molecule has 0 saturated heterocycles. The Morgan fingerprint density at radius 2 is 1.85 bits per heavy atom. The summed E-state index contributed by atoms with van der Waals surface area (Å²) < 4.78 is 0.962. The molecule has 0 aliphatic carbocycles. The Balaban J connectivity index is 1.96. The van der Waals surface area contributed by atoms with E-state index in [0.717, 1.165) is 22.0 Å². The largest absolute Gasteiger partial charge is 0.352 e. The van der Waals surface area contributed by atoms with Crippen LogP contribution in [0.4, 0.5) is 0 Å². The van der Waals surface area contributed by atoms with Gasteiger partial charge in [0.1, 0.15) is 0 Å². The summed E-state index contributed by atoms with van der Waals surface area (Å²) in [7, 11) is 0. The van der Waals surface area contributed by atoms with E-state index in [1.54, 1.807) is 0 Å². The minimum absolute atomic E-state index is 0.0163. The number of amides is 1. The van der Waals surface area contributed by atoms with Gasteiger partial charge in [0, 0.05) is 16.6 Å². The molecule has 2 aromatic rings. The van der Waals surface area contributed by atoms with Crippen molar-refractivity contribution in [3.8, 4) is 0 Å². The molecule has 2 rings (SSSR count). The molecule has 104 valence electrons. The molecule has 0 aromatic heterocycles. The number of benzene rings is 2. The second-order valence-electron chi connectivity index (χ2n) is 4.84. The minimum Gasteiger partial charge on any atom is -0.352 e. The van der Waals surface area contributed by atoms with Crippen LogP contribution >= 0.6 is 15.9 Å². The second-order valence-corrected chi connectivity index (χ2v) is 5.70. The summed E-state index contributed by atoms with van der Waals surface area (Å²) in [6.07, 6.45) is 0.853. The average Bonchev–Trinajstić information content (AvgIpc) is 2.44. The first-order chi connectivity index (χ1) is 9.59. The van der Waals surface area contributed by atoms with E-state index in [0.29, 0.717) is 6.54 Å². The molecule has 2 aromatic carbocycles. The molecule has 0 atom stereocenters. The normalized spacial score (nSPS) is 10.3. The minimum atomic E-state index is -0.0163. The highest BCUT2D eigenvalue weighted by Crippen LogP contribution is 2.19. The Labute approximate surface area is 128 Å². The average molecular weight is 332 g/mol. The van der Waals surface area contributed by atoms with Gasteiger partial charge in [-0.05, 0) is 49.1 Å². The number of hydrogen-bond donors (Lipinski definition) is 1. The van der Waals surface area contributed by atoms with Crippen LogP contribution in [0, 0.1) is 13.8 Å². The number of carbonyl (C=O) groups is 1. The summed E-state index contributed by atoms with van der Waals surface area (Å²) in [6.45, 7) is 4.69. The fraction of sp³-hybridized carbons (Fsp3) is 0.235. The zero-order valence-corrected chi connectivity index (χ0v) is 13.3. The second kappa shape index (κ2) is 6.71. The highest BCUT2D eigenvalue weighted by molar-refractivity contribution is 9.10. The molecular weight excluding hydrogens is 314 g/mol. The van der Waals surface area contributed by atoms with E-state index < -0.39 is 0 Å². The quantitative estimate of drug-likeness (QED) is 0.900. The van der Waals surface area contributed by atoms with Crippen molar-refractivity contribution < 1.29 is 4.79 Å². The number of rotatable bonds is 4. The first-order valence-corrected chi connectivity index (χ1v) is 7.46. The Bertz CT molecular complexity index is 622. The predicted molar refractivity (Wildman–Crippen MR) is 86.1 cm³/mol. The zero-order valence-electron chi connectivity index (χ0n) is 11.7. The van der Waals surface area contributed by atoms with E-state index in [1.165, 1.54) is 11.1 Å². The molecule has 20 heavy (non-hydrogen) atoms. The molecule has 0 fully saturated rings. The van der Waals surface area contributed by atoms with E-state index in [4.69, 9.17) is 0 Å². The van der Waals surface area contributed by atoms with Gasteiger partial charge in [0.25, 0.3) is 5.91 Å². The maximum Gasteiger partial charge on any atom is 0.251 e. The van der Waals surface area contributed by atoms with Gasteiger partial charge in [-0.15, -0.1) is 0 Å². The summed E-state index contributed by atoms with van der Waals surface area (Å²) in [5, 5.41) is 2.98. The topological polar surface area (TPSA) is 29.1 Å². The first kappa shape index (κ1) is 14.8. The van der Waals surface area contributed by atoms with E-state index >= 15 is 0 Å². The molecule has 0 heterocycles. The van der Waals surface area contributed by atoms with Crippen molar-refractivity contribution in [3.05, 3.63) is 69.2 Å². The summed E-state index contributed by atoms with van der Waals surface area (Å²) in [6, 6.07) is 13.9. The SMILES string of the molecule is Cc1ccccc1CCNC(=O)c1cccc(Br)c1C. The smallest absolute Gasteiger partial charge is 0.251 e. The highest BCUT2D eigenvalue weighted by atomic mass is 79.9. The van der Waals surface area contributed by atoms with Crippen molar-refractivity contribution in [3.63, 3.8) is 0 Å². The van der Waals surface area contributed by atoms with Gasteiger partial charge < -0.3 is 5.32 Å². The molecule has 3 heteroatoms. The number of aryl methyl sites for hydroxylation is 1. The molecule has 0 radical (unpaired) electrons. The lowest BCUT2D eigenvalue weighted by molar-refractivity contribution is 0.0953. The van der Waals surface area contributed by atoms with Crippen LogP contribution in [0.15, 0.2) is 46.9 Å². The van der Waals surface area contributed by atoms with Crippen LogP contribution < -0.4 is 5.32 Å². The fourth-order valence-corrected chi connectivity index (χ4v) is 2.52. The Morgan fingerprint density at radius 1 is 1.10 bits per heavy atom. The Kier molecular flexibility index (Phi) is 4.96. The fourth-order valence-electron chi connectivity index (χ4n) is 2.15. The van der Waals surface area contributed by atoms with Gasteiger partial charge in [-0.25, -0.2) is 0 Å². The monoisotopic (exact) mass is 331 g/mol. The van der Waals surface area contributed by atoms with Crippen molar-refractivity contribution in [1.29, 1.82) is 0 Å². The summed E-state index contributed by atoms with van der Waals surface area (Å²) >= 11 is 3.45. The van der Waals surface area contributed by atoms with Crippen molar-refractivity contribution in [2.45, 2.75) is 20.3 Å². The van der Waals surface area contributed by atoms with Crippen LogP contribution in [0.5, 0.6) is 0 Å². The van der Waals surface area contributed by atoms with Crippen LogP contribution in [-0.4, -0.2) is 12.5 Å². The maximum absolute atomic E-state index is 12.2. The summed E-state index contributed by atoms with van der Waals surface area (Å²) in [5.41, 5.74) is 4.24. The lowest BCUT2D eigenvalue weighted by atomic mass is 10.1.